The molecule has 1 fully saturated rings. The zero-order valence-electron chi connectivity index (χ0n) is 12.5. The van der Waals surface area contributed by atoms with Gasteiger partial charge in [-0.25, -0.2) is 12.7 Å². The quantitative estimate of drug-likeness (QED) is 0.862. The number of nitrogens with one attached hydrogen (secondary N) is 1. The molecule has 1 N–H and O–H groups in total. The average Bonchev–Trinajstić information content (AvgIpc) is 2.41. The van der Waals surface area contributed by atoms with Crippen LogP contribution in [-0.4, -0.2) is 44.5 Å². The predicted molar refractivity (Wildman–Crippen MR) is 82.4 cm³/mol. The van der Waals surface area contributed by atoms with Crippen molar-refractivity contribution in [2.75, 3.05) is 19.8 Å². The second kappa shape index (κ2) is 6.58. The largest absolute Gasteiger partial charge is 0.353 e. The Morgan fingerprint density at radius 1 is 1.24 bits per heavy atom. The van der Waals surface area contributed by atoms with Gasteiger partial charge in [0.05, 0.1) is 5.75 Å². The van der Waals surface area contributed by atoms with E-state index in [4.69, 9.17) is 0 Å². The second-order valence-electron chi connectivity index (χ2n) is 5.69. The van der Waals surface area contributed by atoms with Crippen LogP contribution in [0.2, 0.25) is 0 Å². The first-order valence-corrected chi connectivity index (χ1v) is 8.74. The number of nitrogens with zero attached hydrogens (tertiary/aromatic N) is 1. The molecule has 6 heteroatoms. The molecule has 0 radical (unpaired) electrons. The lowest BCUT2D eigenvalue weighted by Crippen LogP contribution is -2.44. The molecule has 1 aromatic rings. The van der Waals surface area contributed by atoms with Gasteiger partial charge in [0.25, 0.3) is 0 Å². The summed E-state index contributed by atoms with van der Waals surface area (Å²) in [4.78, 5) is 11.8. The molecule has 2 rings (SSSR count). The van der Waals surface area contributed by atoms with Crippen molar-refractivity contribution in [1.82, 2.24) is 9.62 Å². The molecule has 0 unspecified atom stereocenters. The van der Waals surface area contributed by atoms with E-state index in [2.05, 4.69) is 17.4 Å². The normalized spacial score (nSPS) is 21.9. The molecule has 1 aliphatic carbocycles. The van der Waals surface area contributed by atoms with Crippen LogP contribution in [0.15, 0.2) is 30.3 Å². The molecular formula is C15H22N2O3S. The zero-order chi connectivity index (χ0) is 15.5. The molecule has 0 atom stereocenters. The first-order valence-electron chi connectivity index (χ1n) is 7.13. The Hall–Kier alpha value is -1.40. The molecule has 0 heterocycles. The summed E-state index contributed by atoms with van der Waals surface area (Å²) in [5, 5.41) is 2.91. The minimum atomic E-state index is -3.30. The molecule has 0 spiro atoms. The predicted octanol–water partition coefficient (Wildman–Crippen LogP) is 1.33. The van der Waals surface area contributed by atoms with Crippen molar-refractivity contribution in [1.29, 1.82) is 0 Å². The summed E-state index contributed by atoms with van der Waals surface area (Å²) in [5.41, 5.74) is 1.30. The summed E-state index contributed by atoms with van der Waals surface area (Å²) in [7, 11) is -0.347. The number of benzene rings is 1. The van der Waals surface area contributed by atoms with Gasteiger partial charge < -0.3 is 5.32 Å². The van der Waals surface area contributed by atoms with Crippen LogP contribution in [-0.2, 0) is 14.8 Å². The number of amides is 1. The summed E-state index contributed by atoms with van der Waals surface area (Å²) < 4.78 is 24.3. The summed E-state index contributed by atoms with van der Waals surface area (Å²) in [5.74, 6) is 0.180. The number of sulfonamides is 1. The topological polar surface area (TPSA) is 66.5 Å². The summed E-state index contributed by atoms with van der Waals surface area (Å²) in [6.07, 6.45) is 1.87. The van der Waals surface area contributed by atoms with Gasteiger partial charge >= 0.3 is 0 Å². The van der Waals surface area contributed by atoms with Crippen molar-refractivity contribution in [2.24, 2.45) is 0 Å². The number of carbonyl (C=O) groups is 1. The van der Waals surface area contributed by atoms with E-state index in [1.165, 1.54) is 19.7 Å². The molecule has 1 saturated carbocycles. The fourth-order valence-corrected chi connectivity index (χ4v) is 3.25. The molecule has 0 bridgehead atoms. The van der Waals surface area contributed by atoms with E-state index in [-0.39, 0.29) is 24.1 Å². The van der Waals surface area contributed by atoms with Crippen molar-refractivity contribution in [3.8, 4) is 0 Å². The Morgan fingerprint density at radius 2 is 1.86 bits per heavy atom. The van der Waals surface area contributed by atoms with E-state index in [0.717, 1.165) is 17.1 Å². The van der Waals surface area contributed by atoms with Crippen LogP contribution in [0.25, 0.3) is 0 Å². The Kier molecular flexibility index (Phi) is 5.00. The summed E-state index contributed by atoms with van der Waals surface area (Å²) in [6, 6.07) is 10.4. The van der Waals surface area contributed by atoms with E-state index in [9.17, 15) is 13.2 Å². The van der Waals surface area contributed by atoms with Gasteiger partial charge in [-0.15, -0.1) is 0 Å². The first-order chi connectivity index (χ1) is 9.88. The van der Waals surface area contributed by atoms with Gasteiger partial charge in [0.2, 0.25) is 15.9 Å². The van der Waals surface area contributed by atoms with Crippen LogP contribution < -0.4 is 5.32 Å². The van der Waals surface area contributed by atoms with Crippen molar-refractivity contribution in [3.05, 3.63) is 35.9 Å². The van der Waals surface area contributed by atoms with Gasteiger partial charge in [0.1, 0.15) is 0 Å². The van der Waals surface area contributed by atoms with Gasteiger partial charge in [0, 0.05) is 26.6 Å². The minimum absolute atomic E-state index is 0.0209. The van der Waals surface area contributed by atoms with Crippen molar-refractivity contribution >= 4 is 15.9 Å². The average molecular weight is 310 g/mol. The third-order valence-electron chi connectivity index (χ3n) is 3.92. The van der Waals surface area contributed by atoms with Gasteiger partial charge in [-0.05, 0) is 24.3 Å². The molecule has 1 aliphatic rings. The maximum absolute atomic E-state index is 11.8. The highest BCUT2D eigenvalue weighted by Crippen LogP contribution is 2.36. The zero-order valence-corrected chi connectivity index (χ0v) is 13.3. The molecule has 116 valence electrons. The highest BCUT2D eigenvalue weighted by Gasteiger charge is 2.31. The molecule has 5 nitrogen and oxygen atoms in total. The highest BCUT2D eigenvalue weighted by atomic mass is 32.2. The lowest BCUT2D eigenvalue weighted by molar-refractivity contribution is -0.122. The minimum Gasteiger partial charge on any atom is -0.353 e. The lowest BCUT2D eigenvalue weighted by Gasteiger charge is -2.36. The van der Waals surface area contributed by atoms with Crippen LogP contribution in [0.4, 0.5) is 0 Å². The highest BCUT2D eigenvalue weighted by molar-refractivity contribution is 7.89. The molecule has 0 aromatic heterocycles. The number of carbonyl (C=O) groups excluding carboxylic acids is 1. The fourth-order valence-electron chi connectivity index (χ4n) is 2.44. The fraction of sp³-hybridized carbons (Fsp3) is 0.533. The molecular weight excluding hydrogens is 288 g/mol. The molecule has 0 aliphatic heterocycles. The Labute approximate surface area is 126 Å². The Morgan fingerprint density at radius 3 is 2.43 bits per heavy atom. The van der Waals surface area contributed by atoms with E-state index in [1.54, 1.807) is 0 Å². The second-order valence-corrected chi connectivity index (χ2v) is 7.99. The molecule has 1 amide bonds. The van der Waals surface area contributed by atoms with Crippen molar-refractivity contribution in [2.45, 2.75) is 31.2 Å². The molecule has 0 saturated heterocycles. The first kappa shape index (κ1) is 16.0. The van der Waals surface area contributed by atoms with Crippen LogP contribution in [0.1, 0.15) is 30.7 Å². The van der Waals surface area contributed by atoms with Gasteiger partial charge in [-0.2, -0.15) is 0 Å². The maximum Gasteiger partial charge on any atom is 0.221 e. The third kappa shape index (κ3) is 4.28. The number of hydrogen-bond donors (Lipinski definition) is 1. The van der Waals surface area contributed by atoms with Crippen molar-refractivity contribution < 1.29 is 13.2 Å². The third-order valence-corrected chi connectivity index (χ3v) is 5.75. The number of rotatable bonds is 6. The van der Waals surface area contributed by atoms with E-state index >= 15 is 0 Å². The SMILES string of the molecule is CN(C)S(=O)(=O)CCC(=O)NC1CC(c2ccccc2)C1. The molecule has 21 heavy (non-hydrogen) atoms. The van der Waals surface area contributed by atoms with Gasteiger partial charge in [-0.1, -0.05) is 30.3 Å². The van der Waals surface area contributed by atoms with Gasteiger partial charge in [0.15, 0.2) is 0 Å². The maximum atomic E-state index is 11.8. The molecule has 1 aromatic carbocycles. The lowest BCUT2D eigenvalue weighted by atomic mass is 9.76. The van der Waals surface area contributed by atoms with Crippen molar-refractivity contribution in [3.63, 3.8) is 0 Å². The standard InChI is InChI=1S/C15H22N2O3S/c1-17(2)21(19,20)9-8-15(18)16-14-10-13(11-14)12-6-4-3-5-7-12/h3-7,13-14H,8-11H2,1-2H3,(H,16,18). The monoisotopic (exact) mass is 310 g/mol. The van der Waals surface area contributed by atoms with E-state index < -0.39 is 10.0 Å². The Balaban J connectivity index is 1.72. The van der Waals surface area contributed by atoms with Gasteiger partial charge in [-0.3, -0.25) is 4.79 Å². The van der Waals surface area contributed by atoms with Crippen LogP contribution in [0, 0.1) is 0 Å². The smallest absolute Gasteiger partial charge is 0.221 e. The van der Waals surface area contributed by atoms with Crippen LogP contribution in [0.3, 0.4) is 0 Å². The number of hydrogen-bond acceptors (Lipinski definition) is 3. The Bertz CT molecular complexity index is 578. The van der Waals surface area contributed by atoms with E-state index in [1.807, 2.05) is 18.2 Å². The summed E-state index contributed by atoms with van der Waals surface area (Å²) >= 11 is 0. The van der Waals surface area contributed by atoms with E-state index in [0.29, 0.717) is 5.92 Å². The summed E-state index contributed by atoms with van der Waals surface area (Å²) in [6.45, 7) is 0. The van der Waals surface area contributed by atoms with Crippen LogP contribution >= 0.6 is 0 Å². The van der Waals surface area contributed by atoms with Crippen LogP contribution in [0.5, 0.6) is 0 Å².